The Labute approximate surface area is 182 Å². The fourth-order valence-electron chi connectivity index (χ4n) is 2.25. The minimum Gasteiger partial charge on any atom is -0.413 e. The van der Waals surface area contributed by atoms with Gasteiger partial charge in [-0.1, -0.05) is 58.4 Å². The van der Waals surface area contributed by atoms with E-state index in [4.69, 9.17) is 22.5 Å². The summed E-state index contributed by atoms with van der Waals surface area (Å²) in [5, 5.41) is 6.08. The second kappa shape index (κ2) is 12.2. The van der Waals surface area contributed by atoms with Gasteiger partial charge in [0.25, 0.3) is 5.91 Å². The molecule has 0 bridgehead atoms. The molecule has 0 unspecified atom stereocenters. The average molecular weight is 441 g/mol. The van der Waals surface area contributed by atoms with Crippen LogP contribution in [0.25, 0.3) is 0 Å². The minimum atomic E-state index is -1.94. The predicted molar refractivity (Wildman–Crippen MR) is 124 cm³/mol. The first-order valence-corrected chi connectivity index (χ1v) is 13.2. The van der Waals surface area contributed by atoms with Crippen molar-refractivity contribution in [2.75, 3.05) is 0 Å². The van der Waals surface area contributed by atoms with E-state index in [1.165, 1.54) is 0 Å². The molecule has 0 rings (SSSR count). The van der Waals surface area contributed by atoms with E-state index in [1.54, 1.807) is 6.20 Å². The van der Waals surface area contributed by atoms with E-state index in [-0.39, 0.29) is 23.0 Å². The number of rotatable bonds is 10. The molecule has 0 aliphatic rings. The van der Waals surface area contributed by atoms with E-state index >= 15 is 0 Å². The molecule has 0 fully saturated rings. The second-order valence-corrected chi connectivity index (χ2v) is 14.4. The topological polar surface area (TPSA) is 67.4 Å². The maximum absolute atomic E-state index is 12.4. The Hall–Kier alpha value is -1.55. The van der Waals surface area contributed by atoms with E-state index in [0.717, 1.165) is 5.03 Å². The van der Waals surface area contributed by atoms with Crippen molar-refractivity contribution in [1.82, 2.24) is 10.6 Å². The number of allylic oxidation sites excluding steroid dienone is 1. The molecular weight excluding hydrogens is 404 g/mol. The Morgan fingerprint density at radius 3 is 2.28 bits per heavy atom. The van der Waals surface area contributed by atoms with Crippen LogP contribution in [0.2, 0.25) is 18.1 Å². The summed E-state index contributed by atoms with van der Waals surface area (Å²) >= 11 is 6.00. The first-order chi connectivity index (χ1) is 13.2. The van der Waals surface area contributed by atoms with Gasteiger partial charge >= 0.3 is 0 Å². The summed E-state index contributed by atoms with van der Waals surface area (Å²) in [6.45, 7) is 16.6. The lowest BCUT2D eigenvalue weighted by Crippen LogP contribution is -2.48. The van der Waals surface area contributed by atoms with Crippen LogP contribution >= 0.6 is 11.6 Å². The van der Waals surface area contributed by atoms with Crippen LogP contribution in [0.3, 0.4) is 0 Å². The molecule has 29 heavy (non-hydrogen) atoms. The molecule has 0 aliphatic heterocycles. The average Bonchev–Trinajstić information content (AvgIpc) is 2.58. The molecule has 2 N–H and O–H groups in total. The second-order valence-electron chi connectivity index (χ2n) is 9.01. The first-order valence-electron chi connectivity index (χ1n) is 9.93. The Balaban J connectivity index is 5.04. The van der Waals surface area contributed by atoms with Crippen LogP contribution in [0.1, 0.15) is 54.4 Å². The van der Waals surface area contributed by atoms with Crippen LogP contribution in [0, 0.1) is 18.3 Å². The molecule has 0 radical (unpaired) electrons. The van der Waals surface area contributed by atoms with Crippen molar-refractivity contribution in [1.29, 1.82) is 0 Å². The van der Waals surface area contributed by atoms with Crippen molar-refractivity contribution in [3.63, 3.8) is 0 Å². The molecule has 0 spiro atoms. The fraction of sp³-hybridized carbons (Fsp3) is 0.636. The third-order valence-corrected chi connectivity index (χ3v) is 9.73. The molecule has 2 atom stereocenters. The van der Waals surface area contributed by atoms with Crippen LogP contribution in [0.15, 0.2) is 23.4 Å². The van der Waals surface area contributed by atoms with E-state index in [1.807, 2.05) is 38.8 Å². The smallest absolute Gasteiger partial charge is 0.296 e. The van der Waals surface area contributed by atoms with Gasteiger partial charge in [0.2, 0.25) is 5.91 Å². The molecule has 0 heterocycles. The molecule has 5 nitrogen and oxygen atoms in total. The van der Waals surface area contributed by atoms with Crippen LogP contribution < -0.4 is 10.6 Å². The fourth-order valence-corrected chi connectivity index (χ4v) is 3.72. The zero-order valence-corrected chi connectivity index (χ0v) is 20.8. The van der Waals surface area contributed by atoms with Gasteiger partial charge in [0.1, 0.15) is 6.04 Å². The highest BCUT2D eigenvalue weighted by atomic mass is 35.5. The van der Waals surface area contributed by atoms with Crippen molar-refractivity contribution in [3.05, 3.63) is 23.4 Å². The van der Waals surface area contributed by atoms with E-state index in [2.05, 4.69) is 44.5 Å². The highest BCUT2D eigenvalue weighted by Crippen LogP contribution is 2.38. The summed E-state index contributed by atoms with van der Waals surface area (Å²) in [6, 6.07) is -0.690. The Morgan fingerprint density at radius 2 is 1.83 bits per heavy atom. The summed E-state index contributed by atoms with van der Waals surface area (Å²) in [6.07, 6.45) is 11.8. The SMILES string of the molecule is C#CC(=O)N[C@H](C(=O)NC=CC[C@H](CC=C(C)Cl)O[Si](C)(C)C(C)(C)C)C(C)C. The van der Waals surface area contributed by atoms with Gasteiger partial charge < -0.3 is 15.1 Å². The van der Waals surface area contributed by atoms with Crippen molar-refractivity contribution in [2.24, 2.45) is 5.92 Å². The molecule has 164 valence electrons. The third-order valence-electron chi connectivity index (χ3n) is 5.04. The summed E-state index contributed by atoms with van der Waals surface area (Å²) in [5.74, 6) is 0.967. The number of terminal acetylenes is 1. The van der Waals surface area contributed by atoms with Crippen molar-refractivity contribution < 1.29 is 14.0 Å². The highest BCUT2D eigenvalue weighted by molar-refractivity contribution is 6.74. The molecule has 0 aliphatic carbocycles. The molecule has 0 aromatic rings. The monoisotopic (exact) mass is 440 g/mol. The van der Waals surface area contributed by atoms with Gasteiger partial charge in [-0.15, -0.1) is 6.42 Å². The van der Waals surface area contributed by atoms with Crippen molar-refractivity contribution in [3.8, 4) is 12.3 Å². The van der Waals surface area contributed by atoms with Gasteiger partial charge in [0, 0.05) is 5.03 Å². The van der Waals surface area contributed by atoms with Crippen LogP contribution in [-0.4, -0.2) is 32.3 Å². The zero-order valence-electron chi connectivity index (χ0n) is 19.1. The summed E-state index contributed by atoms with van der Waals surface area (Å²) < 4.78 is 6.51. The van der Waals surface area contributed by atoms with Crippen LogP contribution in [0.5, 0.6) is 0 Å². The number of nitrogens with one attached hydrogen (secondary N) is 2. The normalized spacial score (nSPS) is 15.1. The predicted octanol–water partition coefficient (Wildman–Crippen LogP) is 4.70. The zero-order chi connectivity index (χ0) is 22.8. The van der Waals surface area contributed by atoms with Gasteiger partial charge in [-0.3, -0.25) is 9.59 Å². The Kier molecular flexibility index (Phi) is 11.6. The summed E-state index contributed by atoms with van der Waals surface area (Å²) in [4.78, 5) is 23.8. The van der Waals surface area contributed by atoms with Gasteiger partial charge in [-0.25, -0.2) is 0 Å². The van der Waals surface area contributed by atoms with Crippen LogP contribution in [-0.2, 0) is 14.0 Å². The number of hydrogen-bond donors (Lipinski definition) is 2. The van der Waals surface area contributed by atoms with Crippen LogP contribution in [0.4, 0.5) is 0 Å². The molecule has 2 amide bonds. The maximum atomic E-state index is 12.4. The van der Waals surface area contributed by atoms with Crippen molar-refractivity contribution >= 4 is 31.7 Å². The molecule has 0 aromatic heterocycles. The first kappa shape index (κ1) is 27.4. The standard InChI is InChI=1S/C22H37ClN2O3Si/c1-10-19(26)25-20(16(2)3)21(27)24-15-11-12-18(14-13-17(4)23)28-29(8,9)22(5,6)7/h1,11,13,15-16,18,20H,12,14H2,2-9H3,(H,24,27)(H,25,26)/t18-,20+/m1/s1. The number of carbonyl (C=O) groups is 2. The largest absolute Gasteiger partial charge is 0.413 e. The number of amides is 2. The third kappa shape index (κ3) is 10.7. The molecule has 0 saturated heterocycles. The summed E-state index contributed by atoms with van der Waals surface area (Å²) in [7, 11) is -1.94. The minimum absolute atomic E-state index is 0.0280. The highest BCUT2D eigenvalue weighted by Gasteiger charge is 2.38. The summed E-state index contributed by atoms with van der Waals surface area (Å²) in [5.41, 5.74) is 0. The molecule has 0 saturated carbocycles. The lowest BCUT2D eigenvalue weighted by molar-refractivity contribution is -0.127. The Morgan fingerprint density at radius 1 is 1.24 bits per heavy atom. The van der Waals surface area contributed by atoms with E-state index < -0.39 is 20.3 Å². The number of halogens is 1. The lowest BCUT2D eigenvalue weighted by atomic mass is 10.0. The quantitative estimate of drug-likeness (QED) is 0.382. The molecule has 0 aromatic carbocycles. The Bertz CT molecular complexity index is 654. The van der Waals surface area contributed by atoms with Gasteiger partial charge in [0.15, 0.2) is 8.32 Å². The van der Waals surface area contributed by atoms with Gasteiger partial charge in [0.05, 0.1) is 6.10 Å². The van der Waals surface area contributed by atoms with Gasteiger partial charge in [-0.2, -0.15) is 0 Å². The van der Waals surface area contributed by atoms with Gasteiger partial charge in [-0.05, 0) is 55.9 Å². The number of carbonyl (C=O) groups excluding carboxylic acids is 2. The maximum Gasteiger partial charge on any atom is 0.296 e. The van der Waals surface area contributed by atoms with Crippen molar-refractivity contribution in [2.45, 2.75) is 84.7 Å². The van der Waals surface area contributed by atoms with E-state index in [0.29, 0.717) is 12.8 Å². The lowest BCUT2D eigenvalue weighted by Gasteiger charge is -2.39. The van der Waals surface area contributed by atoms with E-state index in [9.17, 15) is 9.59 Å². The molecular formula is C22H37ClN2O3Si. The molecule has 7 heteroatoms. The number of hydrogen-bond acceptors (Lipinski definition) is 3.